The van der Waals surface area contributed by atoms with Gasteiger partial charge in [0.25, 0.3) is 0 Å². The molecule has 20 heavy (non-hydrogen) atoms. The van der Waals surface area contributed by atoms with Crippen LogP contribution in [0.1, 0.15) is 18.4 Å². The average molecular weight is 280 g/mol. The van der Waals surface area contributed by atoms with E-state index in [9.17, 15) is 0 Å². The molecule has 6 heteroatoms. The van der Waals surface area contributed by atoms with Gasteiger partial charge < -0.3 is 20.1 Å². The molecule has 0 atom stereocenters. The van der Waals surface area contributed by atoms with E-state index in [0.29, 0.717) is 19.1 Å². The van der Waals surface area contributed by atoms with Gasteiger partial charge in [-0.25, -0.2) is 9.97 Å². The summed E-state index contributed by atoms with van der Waals surface area (Å²) in [4.78, 5) is 11.1. The summed E-state index contributed by atoms with van der Waals surface area (Å²) in [5.74, 6) is 1.23. The molecule has 1 saturated heterocycles. The fraction of sp³-hybridized carbons (Fsp3) is 0.714. The van der Waals surface area contributed by atoms with Crippen LogP contribution >= 0.6 is 0 Å². The molecule has 2 heterocycles. The van der Waals surface area contributed by atoms with Gasteiger partial charge in [-0.3, -0.25) is 0 Å². The van der Waals surface area contributed by atoms with Gasteiger partial charge >= 0.3 is 0 Å². The van der Waals surface area contributed by atoms with Crippen molar-refractivity contribution in [3.8, 4) is 0 Å². The van der Waals surface area contributed by atoms with Crippen molar-refractivity contribution in [1.29, 1.82) is 0 Å². The van der Waals surface area contributed by atoms with Gasteiger partial charge in [0.2, 0.25) is 5.95 Å². The van der Waals surface area contributed by atoms with Crippen LogP contribution < -0.4 is 10.2 Å². The number of ether oxygens (including phenoxy) is 1. The summed E-state index contributed by atoms with van der Waals surface area (Å²) in [6, 6.07) is 0. The Morgan fingerprint density at radius 3 is 2.65 bits per heavy atom. The molecule has 2 rings (SSSR count). The fourth-order valence-corrected chi connectivity index (χ4v) is 2.33. The summed E-state index contributed by atoms with van der Waals surface area (Å²) in [5.41, 5.74) is 1.08. The summed E-state index contributed by atoms with van der Waals surface area (Å²) in [7, 11) is 1.69. The van der Waals surface area contributed by atoms with E-state index in [1.165, 1.54) is 0 Å². The predicted molar refractivity (Wildman–Crippen MR) is 77.6 cm³/mol. The number of nitrogens with one attached hydrogen (secondary N) is 1. The van der Waals surface area contributed by atoms with Gasteiger partial charge in [0.05, 0.1) is 6.61 Å². The minimum absolute atomic E-state index is 0.292. The van der Waals surface area contributed by atoms with E-state index < -0.39 is 0 Å². The Bertz CT molecular complexity index is 377. The number of aliphatic hydroxyl groups is 1. The molecule has 1 fully saturated rings. The van der Waals surface area contributed by atoms with Crippen LogP contribution in [0.15, 0.2) is 12.4 Å². The normalized spacial score (nSPS) is 16.6. The van der Waals surface area contributed by atoms with E-state index in [-0.39, 0.29) is 0 Å². The Labute approximate surface area is 120 Å². The van der Waals surface area contributed by atoms with Crippen molar-refractivity contribution in [2.24, 2.45) is 5.92 Å². The first-order chi connectivity index (χ1) is 9.83. The third-order valence-corrected chi connectivity index (χ3v) is 3.66. The summed E-state index contributed by atoms with van der Waals surface area (Å²) in [6.45, 7) is 4.44. The second kappa shape index (κ2) is 8.14. The van der Waals surface area contributed by atoms with Gasteiger partial charge in [-0.2, -0.15) is 0 Å². The molecule has 1 aromatic rings. The quantitative estimate of drug-likeness (QED) is 0.706. The number of rotatable bonds is 7. The van der Waals surface area contributed by atoms with Crippen LogP contribution in [-0.4, -0.2) is 55.0 Å². The molecule has 0 aliphatic carbocycles. The van der Waals surface area contributed by atoms with Crippen molar-refractivity contribution in [3.63, 3.8) is 0 Å². The van der Waals surface area contributed by atoms with Gasteiger partial charge in [0.15, 0.2) is 0 Å². The Morgan fingerprint density at radius 2 is 2.05 bits per heavy atom. The Balaban J connectivity index is 1.79. The largest absolute Gasteiger partial charge is 0.396 e. The van der Waals surface area contributed by atoms with E-state index in [4.69, 9.17) is 9.84 Å². The van der Waals surface area contributed by atoms with Crippen LogP contribution in [0.3, 0.4) is 0 Å². The Morgan fingerprint density at radius 1 is 1.35 bits per heavy atom. The Hall–Kier alpha value is -1.24. The SMILES string of the molecule is COCCNCc1cnc(N2CCC(CO)CC2)nc1. The first-order valence-corrected chi connectivity index (χ1v) is 7.20. The monoisotopic (exact) mass is 280 g/mol. The van der Waals surface area contributed by atoms with Gasteiger partial charge in [-0.15, -0.1) is 0 Å². The Kier molecular flexibility index (Phi) is 6.17. The molecule has 1 aliphatic rings. The number of aromatic nitrogens is 2. The number of aliphatic hydroxyl groups excluding tert-OH is 1. The molecule has 6 nitrogen and oxygen atoms in total. The predicted octanol–water partition coefficient (Wildman–Crippen LogP) is 0.421. The number of methoxy groups -OCH3 is 1. The third-order valence-electron chi connectivity index (χ3n) is 3.66. The molecule has 2 N–H and O–H groups in total. The van der Waals surface area contributed by atoms with Crippen LogP contribution in [0, 0.1) is 5.92 Å². The molecule has 0 aromatic carbocycles. The summed E-state index contributed by atoms with van der Waals surface area (Å²) >= 11 is 0. The average Bonchev–Trinajstić information content (AvgIpc) is 2.52. The molecule has 1 aliphatic heterocycles. The number of anilines is 1. The van der Waals surface area contributed by atoms with Crippen molar-refractivity contribution in [3.05, 3.63) is 18.0 Å². The van der Waals surface area contributed by atoms with Crippen LogP contribution in [-0.2, 0) is 11.3 Å². The summed E-state index contributed by atoms with van der Waals surface area (Å²) < 4.78 is 4.98. The lowest BCUT2D eigenvalue weighted by Crippen LogP contribution is -2.35. The molecular formula is C14H24N4O2. The van der Waals surface area contributed by atoms with Crippen LogP contribution in [0.5, 0.6) is 0 Å². The first kappa shape index (κ1) is 15.2. The highest BCUT2D eigenvalue weighted by molar-refractivity contribution is 5.30. The van der Waals surface area contributed by atoms with Crippen molar-refractivity contribution in [1.82, 2.24) is 15.3 Å². The summed E-state index contributed by atoms with van der Waals surface area (Å²) in [5, 5.41) is 12.4. The molecule has 0 radical (unpaired) electrons. The van der Waals surface area contributed by atoms with E-state index in [2.05, 4.69) is 20.2 Å². The van der Waals surface area contributed by atoms with Gasteiger partial charge in [0.1, 0.15) is 0 Å². The minimum atomic E-state index is 0.292. The number of piperidine rings is 1. The molecular weight excluding hydrogens is 256 g/mol. The van der Waals surface area contributed by atoms with E-state index in [1.807, 2.05) is 12.4 Å². The lowest BCUT2D eigenvalue weighted by molar-refractivity contribution is 0.199. The highest BCUT2D eigenvalue weighted by Gasteiger charge is 2.19. The van der Waals surface area contributed by atoms with Crippen molar-refractivity contribution < 1.29 is 9.84 Å². The maximum Gasteiger partial charge on any atom is 0.225 e. The number of nitrogens with zero attached hydrogens (tertiary/aromatic N) is 3. The number of hydrogen-bond donors (Lipinski definition) is 2. The molecule has 0 amide bonds. The van der Waals surface area contributed by atoms with Crippen molar-refractivity contribution in [2.75, 3.05) is 44.9 Å². The smallest absolute Gasteiger partial charge is 0.225 e. The zero-order chi connectivity index (χ0) is 14.2. The topological polar surface area (TPSA) is 70.5 Å². The highest BCUT2D eigenvalue weighted by Crippen LogP contribution is 2.19. The van der Waals surface area contributed by atoms with Crippen LogP contribution in [0.4, 0.5) is 5.95 Å². The second-order valence-corrected chi connectivity index (χ2v) is 5.17. The zero-order valence-corrected chi connectivity index (χ0v) is 12.1. The summed E-state index contributed by atoms with van der Waals surface area (Å²) in [6.07, 6.45) is 5.78. The molecule has 1 aromatic heterocycles. The van der Waals surface area contributed by atoms with Crippen molar-refractivity contribution in [2.45, 2.75) is 19.4 Å². The molecule has 0 saturated carbocycles. The first-order valence-electron chi connectivity index (χ1n) is 7.20. The fourth-order valence-electron chi connectivity index (χ4n) is 2.33. The second-order valence-electron chi connectivity index (χ2n) is 5.17. The van der Waals surface area contributed by atoms with E-state index in [0.717, 1.165) is 50.5 Å². The lowest BCUT2D eigenvalue weighted by Gasteiger charge is -2.31. The zero-order valence-electron chi connectivity index (χ0n) is 12.1. The molecule has 0 bridgehead atoms. The van der Waals surface area contributed by atoms with Crippen LogP contribution in [0.25, 0.3) is 0 Å². The van der Waals surface area contributed by atoms with Crippen molar-refractivity contribution >= 4 is 5.95 Å². The van der Waals surface area contributed by atoms with Gasteiger partial charge in [0, 0.05) is 57.9 Å². The minimum Gasteiger partial charge on any atom is -0.396 e. The number of hydrogen-bond acceptors (Lipinski definition) is 6. The highest BCUT2D eigenvalue weighted by atomic mass is 16.5. The van der Waals surface area contributed by atoms with Gasteiger partial charge in [-0.05, 0) is 18.8 Å². The maximum absolute atomic E-state index is 9.14. The maximum atomic E-state index is 9.14. The molecule has 112 valence electrons. The van der Waals surface area contributed by atoms with Crippen LogP contribution in [0.2, 0.25) is 0 Å². The van der Waals surface area contributed by atoms with Gasteiger partial charge in [-0.1, -0.05) is 0 Å². The lowest BCUT2D eigenvalue weighted by atomic mass is 9.98. The van der Waals surface area contributed by atoms with E-state index >= 15 is 0 Å². The molecule has 0 unspecified atom stereocenters. The molecule has 0 spiro atoms. The standard InChI is InChI=1S/C14H24N4O2/c1-20-7-4-15-8-13-9-16-14(17-10-13)18-5-2-12(11-19)3-6-18/h9-10,12,15,19H,2-8,11H2,1H3. The third kappa shape index (κ3) is 4.40. The van der Waals surface area contributed by atoms with E-state index in [1.54, 1.807) is 7.11 Å².